The van der Waals surface area contributed by atoms with Crippen LogP contribution in [0.2, 0.25) is 0 Å². The summed E-state index contributed by atoms with van der Waals surface area (Å²) in [4.78, 5) is 45.1. The zero-order valence-electron chi connectivity index (χ0n) is 30.8. The van der Waals surface area contributed by atoms with Crippen LogP contribution in [0, 0.1) is 10.8 Å². The monoisotopic (exact) mass is 725 g/mol. The lowest BCUT2D eigenvalue weighted by Gasteiger charge is -2.39. The Labute approximate surface area is 303 Å². The van der Waals surface area contributed by atoms with Crippen molar-refractivity contribution < 1.29 is 33.7 Å². The predicted octanol–water partition coefficient (Wildman–Crippen LogP) is 5.58. The summed E-state index contributed by atoms with van der Waals surface area (Å²) in [6.07, 6.45) is 1.05. The highest BCUT2D eigenvalue weighted by atomic mass is 32.3. The molecule has 12 nitrogen and oxygen atoms in total. The van der Waals surface area contributed by atoms with Gasteiger partial charge in [-0.2, -0.15) is 0 Å². The summed E-state index contributed by atoms with van der Waals surface area (Å²) < 4.78 is 23.0. The number of rotatable bonds is 15. The Bertz CT molecular complexity index is 1570. The maximum absolute atomic E-state index is 13.9. The van der Waals surface area contributed by atoms with Crippen LogP contribution in [-0.4, -0.2) is 90.7 Å². The third-order valence-electron chi connectivity index (χ3n) is 8.59. The van der Waals surface area contributed by atoms with E-state index in [0.717, 1.165) is 27.3 Å². The van der Waals surface area contributed by atoms with Crippen LogP contribution >= 0.6 is 10.8 Å². The molecule has 0 aliphatic heterocycles. The number of nitrogens with zero attached hydrogens (tertiary/aromatic N) is 2. The normalized spacial score (nSPS) is 15.5. The van der Waals surface area contributed by atoms with Gasteiger partial charge in [-0.1, -0.05) is 102 Å². The molecule has 0 saturated heterocycles. The van der Waals surface area contributed by atoms with Crippen molar-refractivity contribution in [2.45, 2.75) is 91.1 Å². The number of amides is 3. The molecule has 0 saturated carbocycles. The summed E-state index contributed by atoms with van der Waals surface area (Å²) in [5.74, 6) is -1.03. The zero-order valence-corrected chi connectivity index (χ0v) is 31.6. The number of hydrogen-bond donors (Lipinski definition) is 7. The number of aliphatic hydroxyl groups is 1. The van der Waals surface area contributed by atoms with Crippen LogP contribution in [0.5, 0.6) is 0 Å². The van der Waals surface area contributed by atoms with Gasteiger partial charge in [0.25, 0.3) is 0 Å². The highest BCUT2D eigenvalue weighted by Crippen LogP contribution is 2.33. The number of carboxylic acid groups (broad SMARTS) is 1. The molecule has 3 amide bonds. The maximum atomic E-state index is 13.9. The van der Waals surface area contributed by atoms with E-state index in [4.69, 9.17) is 0 Å². The van der Waals surface area contributed by atoms with Gasteiger partial charge >= 0.3 is 6.09 Å². The first-order valence-corrected chi connectivity index (χ1v) is 18.9. The van der Waals surface area contributed by atoms with Crippen molar-refractivity contribution in [3.63, 3.8) is 0 Å². The van der Waals surface area contributed by atoms with E-state index in [9.17, 15) is 33.7 Å². The van der Waals surface area contributed by atoms with Gasteiger partial charge in [-0.05, 0) is 53.4 Å². The van der Waals surface area contributed by atoms with Crippen LogP contribution in [0.4, 0.5) is 4.79 Å². The van der Waals surface area contributed by atoms with E-state index in [2.05, 4.69) is 20.3 Å². The first kappa shape index (κ1) is 41.4. The molecule has 280 valence electrons. The van der Waals surface area contributed by atoms with Crippen molar-refractivity contribution in [3.8, 4) is 11.3 Å². The lowest BCUT2D eigenvalue weighted by molar-refractivity contribution is -0.130. The topological polar surface area (TPSA) is 184 Å². The Morgan fingerprint density at radius 2 is 1.39 bits per heavy atom. The number of aromatic nitrogens is 1. The molecule has 1 heterocycles. The predicted molar refractivity (Wildman–Crippen MR) is 202 cm³/mol. The van der Waals surface area contributed by atoms with Crippen LogP contribution in [0.3, 0.4) is 0 Å². The molecule has 7 N–H and O–H groups in total. The first-order chi connectivity index (χ1) is 23.7. The second kappa shape index (κ2) is 17.5. The fraction of sp³-hybridized carbons (Fsp3) is 0.474. The number of pyridine rings is 1. The Kier molecular flexibility index (Phi) is 14.2. The Balaban J connectivity index is 1.98. The number of carbonyl (C=O) groups excluding carboxylic acids is 2. The molecule has 51 heavy (non-hydrogen) atoms. The smallest absolute Gasteiger partial charge is 0.407 e. The van der Waals surface area contributed by atoms with Gasteiger partial charge < -0.3 is 20.8 Å². The molecule has 2 aromatic carbocycles. The summed E-state index contributed by atoms with van der Waals surface area (Å²) in [5, 5.41) is 27.7. The maximum Gasteiger partial charge on any atom is 0.407 e. The molecular weight excluding hydrogens is 671 g/mol. The number of aliphatic hydroxyl groups excluding tert-OH is 1. The Morgan fingerprint density at radius 1 is 0.804 bits per heavy atom. The first-order valence-electron chi connectivity index (χ1n) is 16.9. The van der Waals surface area contributed by atoms with E-state index in [1.807, 2.05) is 72.8 Å². The molecule has 3 rings (SSSR count). The van der Waals surface area contributed by atoms with Crippen molar-refractivity contribution in [1.82, 2.24) is 25.2 Å². The van der Waals surface area contributed by atoms with E-state index >= 15 is 0 Å². The molecule has 0 aliphatic carbocycles. The van der Waals surface area contributed by atoms with E-state index in [0.29, 0.717) is 6.42 Å². The SMILES string of the molecule is CN(C(=O)O)[C@H](C(=O)N[C@@H](Cc1ccc(-c2ccccn2)cc1)C[C@H](O)[C@H](Cc1ccccc1)NC(=O)[C@@H](NS(C)(O)O)C(C)(C)C)C(C)(C)C. The van der Waals surface area contributed by atoms with Crippen molar-refractivity contribution in [2.75, 3.05) is 13.3 Å². The molecule has 1 aromatic heterocycles. The minimum Gasteiger partial charge on any atom is -0.465 e. The van der Waals surface area contributed by atoms with Gasteiger partial charge in [-0.3, -0.25) is 28.6 Å². The molecule has 0 radical (unpaired) electrons. The van der Waals surface area contributed by atoms with Gasteiger partial charge in [0.2, 0.25) is 11.8 Å². The molecule has 0 unspecified atom stereocenters. The van der Waals surface area contributed by atoms with Crippen molar-refractivity contribution in [2.24, 2.45) is 10.8 Å². The second-order valence-corrected chi connectivity index (χ2v) is 17.2. The molecule has 5 atom stereocenters. The van der Waals surface area contributed by atoms with E-state index < -0.39 is 69.8 Å². The number of hydrogen-bond acceptors (Lipinski definition) is 8. The zero-order chi connectivity index (χ0) is 38.1. The van der Waals surface area contributed by atoms with Crippen LogP contribution in [0.15, 0.2) is 79.0 Å². The third kappa shape index (κ3) is 12.9. The van der Waals surface area contributed by atoms with Crippen LogP contribution in [0.1, 0.15) is 59.1 Å². The molecule has 13 heteroatoms. The van der Waals surface area contributed by atoms with Gasteiger partial charge in [-0.15, -0.1) is 10.8 Å². The van der Waals surface area contributed by atoms with E-state index in [1.165, 1.54) is 13.3 Å². The van der Waals surface area contributed by atoms with E-state index in [1.54, 1.807) is 47.7 Å². The fourth-order valence-corrected chi connectivity index (χ4v) is 6.99. The summed E-state index contributed by atoms with van der Waals surface area (Å²) in [6, 6.07) is 19.1. The molecule has 3 aromatic rings. The third-order valence-corrected chi connectivity index (χ3v) is 9.27. The highest BCUT2D eigenvalue weighted by Gasteiger charge is 2.39. The highest BCUT2D eigenvalue weighted by molar-refractivity contribution is 8.22. The molecule has 0 spiro atoms. The van der Waals surface area contributed by atoms with Crippen molar-refractivity contribution in [3.05, 3.63) is 90.1 Å². The summed E-state index contributed by atoms with van der Waals surface area (Å²) in [7, 11) is -1.90. The standard InChI is InChI=1S/C38H55N5O7S/c1-37(2,3)32(42-51(8,49)50)34(45)41-30(23-25-14-10-9-11-15-25)31(44)24-28(40-35(46)33(38(4,5)6)43(7)36(47)48)22-26-17-19-27(20-18-26)29-16-12-13-21-39-29/h9-21,28,30-33,42,44,49-50H,22-24H2,1-8H3,(H,40,46)(H,41,45)(H,47,48)/t28-,30-,31-,32+,33+/m0/s1. The van der Waals surface area contributed by atoms with Gasteiger partial charge in [-0.25, -0.2) is 9.52 Å². The minimum absolute atomic E-state index is 0.00966. The molecule has 0 bridgehead atoms. The van der Waals surface area contributed by atoms with Gasteiger partial charge in [0, 0.05) is 31.1 Å². The van der Waals surface area contributed by atoms with Crippen molar-refractivity contribution in [1.29, 1.82) is 0 Å². The average molecular weight is 726 g/mol. The summed E-state index contributed by atoms with van der Waals surface area (Å²) >= 11 is 0. The van der Waals surface area contributed by atoms with Crippen molar-refractivity contribution >= 4 is 28.7 Å². The number of likely N-dealkylation sites (N-methyl/N-ethyl adjacent to an activating group) is 1. The lowest BCUT2D eigenvalue weighted by Crippen LogP contribution is -2.58. The van der Waals surface area contributed by atoms with Crippen LogP contribution in [-0.2, 0) is 22.4 Å². The Morgan fingerprint density at radius 3 is 1.90 bits per heavy atom. The number of benzene rings is 2. The lowest BCUT2D eigenvalue weighted by atomic mass is 9.84. The van der Waals surface area contributed by atoms with Gasteiger partial charge in [0.15, 0.2) is 0 Å². The van der Waals surface area contributed by atoms with Crippen LogP contribution < -0.4 is 15.4 Å². The molecule has 0 fully saturated rings. The Hall–Kier alpha value is -4.01. The second-order valence-electron chi connectivity index (χ2n) is 15.3. The fourth-order valence-electron chi connectivity index (χ4n) is 6.08. The van der Waals surface area contributed by atoms with E-state index in [-0.39, 0.29) is 12.8 Å². The van der Waals surface area contributed by atoms with Crippen LogP contribution in [0.25, 0.3) is 11.3 Å². The minimum atomic E-state index is -3.26. The van der Waals surface area contributed by atoms with Gasteiger partial charge in [0.05, 0.1) is 17.8 Å². The quantitative estimate of drug-likeness (QED) is 0.105. The summed E-state index contributed by atoms with van der Waals surface area (Å²) in [6.45, 7) is 10.7. The largest absolute Gasteiger partial charge is 0.465 e. The van der Waals surface area contributed by atoms with Gasteiger partial charge in [0.1, 0.15) is 12.1 Å². The summed E-state index contributed by atoms with van der Waals surface area (Å²) in [5.41, 5.74) is 1.96. The molecule has 0 aliphatic rings. The molecular formula is C38H55N5O7S. The average Bonchev–Trinajstić information content (AvgIpc) is 3.03. The number of nitrogens with one attached hydrogen (secondary N) is 3. The number of carbonyl (C=O) groups is 3.